The summed E-state index contributed by atoms with van der Waals surface area (Å²) in [5.74, 6) is 0.441. The third-order valence-electron chi connectivity index (χ3n) is 2.72. The summed E-state index contributed by atoms with van der Waals surface area (Å²) in [7, 11) is 0. The average molecular weight is 290 g/mol. The summed E-state index contributed by atoms with van der Waals surface area (Å²) in [5, 5.41) is 5.48. The minimum Gasteiger partial charge on any atom is -0.490 e. The maximum absolute atomic E-state index is 11.9. The fourth-order valence-electron chi connectivity index (χ4n) is 1.53. The molecule has 0 aliphatic rings. The fraction of sp³-hybridized carbons (Fsp3) is 0.375. The van der Waals surface area contributed by atoms with Gasteiger partial charge in [0.15, 0.2) is 0 Å². The van der Waals surface area contributed by atoms with Crippen molar-refractivity contribution in [1.82, 2.24) is 10.6 Å². The lowest BCUT2D eigenvalue weighted by molar-refractivity contribution is -0.123. The Balaban J connectivity index is 2.35. The van der Waals surface area contributed by atoms with Crippen LogP contribution in [0.5, 0.6) is 5.75 Å². The van der Waals surface area contributed by atoms with Crippen molar-refractivity contribution in [2.45, 2.75) is 13.8 Å². The Bertz CT molecular complexity index is 481. The van der Waals surface area contributed by atoms with E-state index < -0.39 is 0 Å². The average Bonchev–Trinajstić information content (AvgIpc) is 2.49. The number of benzene rings is 1. The number of hydrogen-bond acceptors (Lipinski definition) is 3. The molecule has 2 amide bonds. The van der Waals surface area contributed by atoms with E-state index in [1.54, 1.807) is 30.3 Å². The topological polar surface area (TPSA) is 67.4 Å². The molecule has 0 saturated heterocycles. The Morgan fingerprint density at radius 2 is 1.81 bits per heavy atom. The quantitative estimate of drug-likeness (QED) is 0.566. The maximum Gasteiger partial charge on any atom is 0.251 e. The number of carbonyl (C=O) groups is 2. The first kappa shape index (κ1) is 16.8. The van der Waals surface area contributed by atoms with E-state index >= 15 is 0 Å². The monoisotopic (exact) mass is 290 g/mol. The van der Waals surface area contributed by atoms with Crippen molar-refractivity contribution in [2.75, 3.05) is 19.7 Å². The molecule has 0 atom stereocenters. The lowest BCUT2D eigenvalue weighted by atomic mass is 10.2. The summed E-state index contributed by atoms with van der Waals surface area (Å²) in [6.45, 7) is 8.46. The van der Waals surface area contributed by atoms with Crippen LogP contribution in [-0.2, 0) is 4.79 Å². The number of hydrogen-bond donors (Lipinski definition) is 2. The molecule has 5 heteroatoms. The molecule has 2 N–H and O–H groups in total. The molecule has 1 aromatic carbocycles. The summed E-state index contributed by atoms with van der Waals surface area (Å²) in [4.78, 5) is 23.2. The van der Waals surface area contributed by atoms with E-state index in [1.807, 2.05) is 13.8 Å². The van der Waals surface area contributed by atoms with Crippen molar-refractivity contribution in [3.63, 3.8) is 0 Å². The van der Waals surface area contributed by atoms with Gasteiger partial charge >= 0.3 is 0 Å². The van der Waals surface area contributed by atoms with E-state index in [-0.39, 0.29) is 17.7 Å². The standard InChI is InChI=1S/C16H22N2O3/c1-4-11-21-14-7-5-13(6-8-14)16(20)18-10-9-17-15(19)12(2)3/h4-8,12H,1,9-11H2,2-3H3,(H,17,19)(H,18,20). The molecular weight excluding hydrogens is 268 g/mol. The number of nitrogens with one attached hydrogen (secondary N) is 2. The summed E-state index contributed by atoms with van der Waals surface area (Å²) < 4.78 is 5.34. The maximum atomic E-state index is 11.9. The predicted molar refractivity (Wildman–Crippen MR) is 82.3 cm³/mol. The van der Waals surface area contributed by atoms with Gasteiger partial charge in [-0.3, -0.25) is 9.59 Å². The van der Waals surface area contributed by atoms with Crippen LogP contribution in [0.15, 0.2) is 36.9 Å². The molecule has 0 saturated carbocycles. The zero-order chi connectivity index (χ0) is 15.7. The molecule has 1 aromatic rings. The molecule has 0 unspecified atom stereocenters. The van der Waals surface area contributed by atoms with E-state index in [0.717, 1.165) is 0 Å². The highest BCUT2D eigenvalue weighted by molar-refractivity contribution is 5.94. The largest absolute Gasteiger partial charge is 0.490 e. The van der Waals surface area contributed by atoms with E-state index in [4.69, 9.17) is 4.74 Å². The van der Waals surface area contributed by atoms with Crippen molar-refractivity contribution in [3.8, 4) is 5.75 Å². The van der Waals surface area contributed by atoms with E-state index in [1.165, 1.54) is 0 Å². The van der Waals surface area contributed by atoms with Crippen molar-refractivity contribution >= 4 is 11.8 Å². The van der Waals surface area contributed by atoms with Gasteiger partial charge in [0.1, 0.15) is 12.4 Å². The van der Waals surface area contributed by atoms with Crippen molar-refractivity contribution in [1.29, 1.82) is 0 Å². The fourth-order valence-corrected chi connectivity index (χ4v) is 1.53. The first-order chi connectivity index (χ1) is 10.0. The highest BCUT2D eigenvalue weighted by atomic mass is 16.5. The first-order valence-corrected chi connectivity index (χ1v) is 6.94. The summed E-state index contributed by atoms with van der Waals surface area (Å²) in [5.41, 5.74) is 0.552. The van der Waals surface area contributed by atoms with Crippen LogP contribution in [0.1, 0.15) is 24.2 Å². The van der Waals surface area contributed by atoms with Crippen LogP contribution < -0.4 is 15.4 Å². The van der Waals surface area contributed by atoms with E-state index in [2.05, 4.69) is 17.2 Å². The summed E-state index contributed by atoms with van der Waals surface area (Å²) >= 11 is 0. The zero-order valence-electron chi connectivity index (χ0n) is 12.5. The Morgan fingerprint density at radius 1 is 1.19 bits per heavy atom. The first-order valence-electron chi connectivity index (χ1n) is 6.94. The molecule has 0 fully saturated rings. The molecule has 0 heterocycles. The van der Waals surface area contributed by atoms with Gasteiger partial charge in [0, 0.05) is 24.6 Å². The Labute approximate surface area is 125 Å². The molecule has 0 radical (unpaired) electrons. The molecular formula is C16H22N2O3. The summed E-state index contributed by atoms with van der Waals surface area (Å²) in [6, 6.07) is 6.86. The van der Waals surface area contributed by atoms with Gasteiger partial charge in [-0.2, -0.15) is 0 Å². The molecule has 114 valence electrons. The smallest absolute Gasteiger partial charge is 0.251 e. The Hall–Kier alpha value is -2.30. The molecule has 0 aliphatic heterocycles. The molecule has 0 bridgehead atoms. The van der Waals surface area contributed by atoms with Crippen LogP contribution in [0, 0.1) is 5.92 Å². The lowest BCUT2D eigenvalue weighted by Crippen LogP contribution is -2.36. The van der Waals surface area contributed by atoms with Gasteiger partial charge in [-0.05, 0) is 24.3 Å². The normalized spacial score (nSPS) is 10.0. The molecule has 1 rings (SSSR count). The van der Waals surface area contributed by atoms with Crippen LogP contribution in [0.2, 0.25) is 0 Å². The number of ether oxygens (including phenoxy) is 1. The highest BCUT2D eigenvalue weighted by Gasteiger charge is 2.07. The van der Waals surface area contributed by atoms with Gasteiger partial charge in [-0.15, -0.1) is 0 Å². The van der Waals surface area contributed by atoms with Crippen LogP contribution in [0.4, 0.5) is 0 Å². The van der Waals surface area contributed by atoms with Gasteiger partial charge in [0.2, 0.25) is 5.91 Å². The van der Waals surface area contributed by atoms with E-state index in [0.29, 0.717) is 31.0 Å². The van der Waals surface area contributed by atoms with Crippen molar-refractivity contribution in [2.24, 2.45) is 5.92 Å². The minimum absolute atomic E-state index is 0.0204. The van der Waals surface area contributed by atoms with Crippen molar-refractivity contribution in [3.05, 3.63) is 42.5 Å². The predicted octanol–water partition coefficient (Wildman–Crippen LogP) is 1.75. The van der Waals surface area contributed by atoms with Gasteiger partial charge in [0.05, 0.1) is 0 Å². The molecule has 5 nitrogen and oxygen atoms in total. The van der Waals surface area contributed by atoms with Crippen LogP contribution >= 0.6 is 0 Å². The summed E-state index contributed by atoms with van der Waals surface area (Å²) in [6.07, 6.45) is 1.66. The number of amides is 2. The Kier molecular flexibility index (Phi) is 7.01. The van der Waals surface area contributed by atoms with Crippen LogP contribution in [-0.4, -0.2) is 31.5 Å². The highest BCUT2D eigenvalue weighted by Crippen LogP contribution is 2.11. The van der Waals surface area contributed by atoms with E-state index in [9.17, 15) is 9.59 Å². The minimum atomic E-state index is -0.177. The van der Waals surface area contributed by atoms with Crippen LogP contribution in [0.25, 0.3) is 0 Å². The van der Waals surface area contributed by atoms with Gasteiger partial charge in [0.25, 0.3) is 5.91 Å². The second-order valence-electron chi connectivity index (χ2n) is 4.83. The zero-order valence-corrected chi connectivity index (χ0v) is 12.5. The van der Waals surface area contributed by atoms with Crippen LogP contribution in [0.3, 0.4) is 0 Å². The lowest BCUT2D eigenvalue weighted by Gasteiger charge is -2.09. The van der Waals surface area contributed by atoms with Gasteiger partial charge in [-0.25, -0.2) is 0 Å². The third kappa shape index (κ3) is 6.12. The number of rotatable bonds is 8. The molecule has 0 spiro atoms. The number of carbonyl (C=O) groups excluding carboxylic acids is 2. The third-order valence-corrected chi connectivity index (χ3v) is 2.72. The second-order valence-corrected chi connectivity index (χ2v) is 4.83. The molecule has 21 heavy (non-hydrogen) atoms. The molecule has 0 aliphatic carbocycles. The van der Waals surface area contributed by atoms with Crippen molar-refractivity contribution < 1.29 is 14.3 Å². The van der Waals surface area contributed by atoms with Gasteiger partial charge < -0.3 is 15.4 Å². The second kappa shape index (κ2) is 8.79. The SMILES string of the molecule is C=CCOc1ccc(C(=O)NCCNC(=O)C(C)C)cc1. The molecule has 0 aromatic heterocycles. The van der Waals surface area contributed by atoms with Gasteiger partial charge in [-0.1, -0.05) is 26.5 Å². The Morgan fingerprint density at radius 3 is 2.38 bits per heavy atom.